The molecule has 1 aromatic carbocycles. The number of hydrogen-bond donors (Lipinski definition) is 1. The van der Waals surface area contributed by atoms with Crippen LogP contribution in [0.3, 0.4) is 0 Å². The molecule has 3 heterocycles. The summed E-state index contributed by atoms with van der Waals surface area (Å²) in [6.07, 6.45) is 3.53. The molecule has 4 rings (SSSR count). The Bertz CT molecular complexity index is 1030. The van der Waals surface area contributed by atoms with Crippen molar-refractivity contribution < 1.29 is 22.5 Å². The zero-order valence-corrected chi connectivity index (χ0v) is 15.5. The van der Waals surface area contributed by atoms with Gasteiger partial charge in [0, 0.05) is 27.2 Å². The summed E-state index contributed by atoms with van der Waals surface area (Å²) in [5.41, 5.74) is 0.247. The number of nitrogens with one attached hydrogen (secondary N) is 1. The number of anilines is 1. The number of ether oxygens (including phenoxy) is 1. The Balaban J connectivity index is 1.56. The molecule has 2 aliphatic rings. The molecule has 0 radical (unpaired) electrons. The first-order valence-corrected chi connectivity index (χ1v) is 10.5. The van der Waals surface area contributed by atoms with Crippen LogP contribution in [0.4, 0.5) is 19.3 Å². The average molecular weight is 409 g/mol. The first-order valence-electron chi connectivity index (χ1n) is 8.57. The van der Waals surface area contributed by atoms with E-state index in [2.05, 4.69) is 10.3 Å². The van der Waals surface area contributed by atoms with Crippen LogP contribution in [0.1, 0.15) is 12.0 Å². The van der Waals surface area contributed by atoms with Gasteiger partial charge in [0.15, 0.2) is 0 Å². The van der Waals surface area contributed by atoms with Crippen molar-refractivity contribution in [3.05, 3.63) is 47.8 Å². The van der Waals surface area contributed by atoms with Crippen molar-refractivity contribution in [2.24, 2.45) is 0 Å². The normalized spacial score (nSPS) is 24.9. The zero-order chi connectivity index (χ0) is 19.9. The van der Waals surface area contributed by atoms with Gasteiger partial charge in [0.2, 0.25) is 0 Å². The van der Waals surface area contributed by atoms with Crippen molar-refractivity contribution in [3.63, 3.8) is 0 Å². The molecule has 2 aromatic rings. The van der Waals surface area contributed by atoms with Crippen molar-refractivity contribution in [1.82, 2.24) is 15.0 Å². The third kappa shape index (κ3) is 3.61. The molecule has 0 bridgehead atoms. The Morgan fingerprint density at radius 1 is 1.32 bits per heavy atom. The SMILES string of the molecule is N=S1(=O)CC=C(c2c(F)cc(N3CC(Cn4ccnn4)OC3=O)cc2F)CC1. The van der Waals surface area contributed by atoms with E-state index < -0.39 is 33.6 Å². The molecule has 1 aromatic heterocycles. The molecule has 148 valence electrons. The molecule has 0 aliphatic carbocycles. The standard InChI is InChI=1S/C17H17F2N5O3S/c18-14-7-12(8-15(19)16(14)11-1-5-28(20,26)6-2-11)24-10-13(27-17(24)25)9-23-4-3-21-22-23/h1,3-4,7-8,13,20H,2,5-6,9-10H2. The van der Waals surface area contributed by atoms with Crippen LogP contribution in [0.15, 0.2) is 30.6 Å². The van der Waals surface area contributed by atoms with Crippen molar-refractivity contribution in [2.45, 2.75) is 19.1 Å². The van der Waals surface area contributed by atoms with Gasteiger partial charge in [0.1, 0.15) is 17.7 Å². The van der Waals surface area contributed by atoms with Gasteiger partial charge in [-0.2, -0.15) is 0 Å². The summed E-state index contributed by atoms with van der Waals surface area (Å²) in [6.45, 7) is 0.408. The molecule has 28 heavy (non-hydrogen) atoms. The number of carbonyl (C=O) groups excluding carboxylic acids is 1. The van der Waals surface area contributed by atoms with E-state index in [1.807, 2.05) is 0 Å². The third-order valence-corrected chi connectivity index (χ3v) is 6.27. The van der Waals surface area contributed by atoms with Crippen LogP contribution in [-0.4, -0.2) is 49.5 Å². The van der Waals surface area contributed by atoms with Crippen molar-refractivity contribution >= 4 is 27.1 Å². The van der Waals surface area contributed by atoms with Crippen LogP contribution >= 0.6 is 0 Å². The molecule has 2 atom stereocenters. The predicted molar refractivity (Wildman–Crippen MR) is 97.2 cm³/mol. The van der Waals surface area contributed by atoms with E-state index >= 15 is 0 Å². The number of allylic oxidation sites excluding steroid dienone is 1. The van der Waals surface area contributed by atoms with E-state index in [0.717, 1.165) is 12.1 Å². The van der Waals surface area contributed by atoms with Gasteiger partial charge in [-0.1, -0.05) is 11.3 Å². The number of halogens is 2. The van der Waals surface area contributed by atoms with Gasteiger partial charge in [-0.15, -0.1) is 5.10 Å². The Morgan fingerprint density at radius 3 is 2.68 bits per heavy atom. The highest BCUT2D eigenvalue weighted by atomic mass is 32.2. The molecule has 1 fully saturated rings. The van der Waals surface area contributed by atoms with Crippen molar-refractivity contribution in [1.29, 1.82) is 4.78 Å². The summed E-state index contributed by atoms with van der Waals surface area (Å²) >= 11 is 0. The van der Waals surface area contributed by atoms with Crippen molar-refractivity contribution in [3.8, 4) is 0 Å². The first kappa shape index (κ1) is 18.5. The predicted octanol–water partition coefficient (Wildman–Crippen LogP) is 2.42. The summed E-state index contributed by atoms with van der Waals surface area (Å²) in [6, 6.07) is 2.18. The molecule has 2 unspecified atom stereocenters. The fourth-order valence-electron chi connectivity index (χ4n) is 3.31. The maximum absolute atomic E-state index is 14.7. The van der Waals surface area contributed by atoms with Gasteiger partial charge >= 0.3 is 6.09 Å². The Hall–Kier alpha value is -2.82. The molecular formula is C17H17F2N5O3S. The Labute approximate surface area is 159 Å². The maximum Gasteiger partial charge on any atom is 0.414 e. The summed E-state index contributed by atoms with van der Waals surface area (Å²) in [7, 11) is -2.71. The third-order valence-electron chi connectivity index (χ3n) is 4.70. The number of amides is 1. The quantitative estimate of drug-likeness (QED) is 0.836. The highest BCUT2D eigenvalue weighted by Crippen LogP contribution is 2.32. The second-order valence-electron chi connectivity index (χ2n) is 6.69. The van der Waals surface area contributed by atoms with Crippen LogP contribution in [0.25, 0.3) is 5.57 Å². The molecule has 1 saturated heterocycles. The second-order valence-corrected chi connectivity index (χ2v) is 9.05. The Kier molecular flexibility index (Phi) is 4.61. The van der Waals surface area contributed by atoms with E-state index in [-0.39, 0.29) is 42.3 Å². The number of rotatable bonds is 4. The monoisotopic (exact) mass is 409 g/mol. The summed E-state index contributed by atoms with van der Waals surface area (Å²) < 4.78 is 55.4. The minimum Gasteiger partial charge on any atom is -0.442 e. The largest absolute Gasteiger partial charge is 0.442 e. The van der Waals surface area contributed by atoms with E-state index in [1.54, 1.807) is 6.20 Å². The first-order chi connectivity index (χ1) is 13.3. The summed E-state index contributed by atoms with van der Waals surface area (Å²) in [5.74, 6) is -1.58. The van der Waals surface area contributed by atoms with Crippen LogP contribution in [0, 0.1) is 16.4 Å². The lowest BCUT2D eigenvalue weighted by Crippen LogP contribution is -2.26. The minimum atomic E-state index is -2.71. The van der Waals surface area contributed by atoms with Crippen LogP contribution in [0.2, 0.25) is 0 Å². The van der Waals surface area contributed by atoms with Crippen LogP contribution < -0.4 is 4.90 Å². The lowest BCUT2D eigenvalue weighted by Gasteiger charge is -2.19. The molecule has 11 heteroatoms. The minimum absolute atomic E-state index is 0.0224. The molecule has 0 saturated carbocycles. The Morgan fingerprint density at radius 2 is 2.07 bits per heavy atom. The molecular weight excluding hydrogens is 392 g/mol. The highest BCUT2D eigenvalue weighted by molar-refractivity contribution is 7.92. The zero-order valence-electron chi connectivity index (χ0n) is 14.7. The van der Waals surface area contributed by atoms with Crippen molar-refractivity contribution in [2.75, 3.05) is 23.0 Å². The number of carbonyl (C=O) groups is 1. The van der Waals surface area contributed by atoms with E-state index in [4.69, 9.17) is 9.52 Å². The number of nitrogens with zero attached hydrogens (tertiary/aromatic N) is 4. The molecule has 1 amide bonds. The number of aromatic nitrogens is 3. The number of benzene rings is 1. The average Bonchev–Trinajstić information content (AvgIpc) is 3.25. The molecule has 0 spiro atoms. The lowest BCUT2D eigenvalue weighted by atomic mass is 10.0. The fraction of sp³-hybridized carbons (Fsp3) is 0.353. The van der Waals surface area contributed by atoms with Gasteiger partial charge in [-0.05, 0) is 24.1 Å². The van der Waals surface area contributed by atoms with Gasteiger partial charge < -0.3 is 4.74 Å². The van der Waals surface area contributed by atoms with Gasteiger partial charge in [-0.25, -0.2) is 22.5 Å². The fourth-order valence-corrected chi connectivity index (χ4v) is 4.50. The summed E-state index contributed by atoms with van der Waals surface area (Å²) in [4.78, 5) is 13.3. The lowest BCUT2D eigenvalue weighted by molar-refractivity contribution is 0.129. The van der Waals surface area contributed by atoms with E-state index in [9.17, 15) is 17.8 Å². The van der Waals surface area contributed by atoms with Gasteiger partial charge in [0.05, 0.1) is 30.7 Å². The van der Waals surface area contributed by atoms with E-state index in [1.165, 1.54) is 21.9 Å². The highest BCUT2D eigenvalue weighted by Gasteiger charge is 2.34. The number of hydrogen-bond acceptors (Lipinski definition) is 6. The maximum atomic E-state index is 14.7. The number of cyclic esters (lactones) is 1. The van der Waals surface area contributed by atoms with E-state index in [0.29, 0.717) is 5.57 Å². The van der Waals surface area contributed by atoms with Crippen LogP contribution in [0.5, 0.6) is 0 Å². The summed E-state index contributed by atoms with van der Waals surface area (Å²) in [5, 5.41) is 7.47. The topological polar surface area (TPSA) is 101 Å². The van der Waals surface area contributed by atoms with Gasteiger partial charge in [0.25, 0.3) is 0 Å². The van der Waals surface area contributed by atoms with Gasteiger partial charge in [-0.3, -0.25) is 9.68 Å². The smallest absolute Gasteiger partial charge is 0.414 e. The van der Waals surface area contributed by atoms with Crippen LogP contribution in [-0.2, 0) is 21.0 Å². The second kappa shape index (κ2) is 6.97. The molecule has 1 N–H and O–H groups in total. The molecule has 8 nitrogen and oxygen atoms in total. The molecule has 2 aliphatic heterocycles.